The third-order valence-corrected chi connectivity index (χ3v) is 3.22. The van der Waals surface area contributed by atoms with Crippen molar-refractivity contribution in [1.29, 1.82) is 0 Å². The molecule has 0 spiro atoms. The number of guanidine groups is 1. The van der Waals surface area contributed by atoms with Crippen molar-refractivity contribution in [3.63, 3.8) is 0 Å². The fourth-order valence-corrected chi connectivity index (χ4v) is 2.17. The molecular weight excluding hydrogens is 305 g/mol. The summed E-state index contributed by atoms with van der Waals surface area (Å²) in [7, 11) is 3.14. The van der Waals surface area contributed by atoms with Crippen molar-refractivity contribution in [2.24, 2.45) is 4.99 Å². The molecule has 0 unspecified atom stereocenters. The van der Waals surface area contributed by atoms with Crippen LogP contribution in [-0.4, -0.2) is 50.8 Å². The summed E-state index contributed by atoms with van der Waals surface area (Å²) in [5.41, 5.74) is 2.35. The van der Waals surface area contributed by atoms with E-state index in [9.17, 15) is 13.2 Å². The van der Waals surface area contributed by atoms with Gasteiger partial charge in [-0.15, -0.1) is 0 Å². The summed E-state index contributed by atoms with van der Waals surface area (Å²) in [5, 5.41) is 6.29. The van der Waals surface area contributed by atoms with Crippen LogP contribution >= 0.6 is 0 Å². The second-order valence-corrected chi connectivity index (χ2v) is 5.55. The molecular formula is C16H25F3N4. The van der Waals surface area contributed by atoms with Crippen LogP contribution in [0.3, 0.4) is 0 Å². The van der Waals surface area contributed by atoms with Crippen molar-refractivity contribution < 1.29 is 13.2 Å². The van der Waals surface area contributed by atoms with Crippen LogP contribution in [0.5, 0.6) is 0 Å². The van der Waals surface area contributed by atoms with Crippen LogP contribution in [-0.2, 0) is 6.54 Å². The lowest BCUT2D eigenvalue weighted by atomic mass is 10.1. The molecule has 0 atom stereocenters. The second kappa shape index (κ2) is 9.39. The molecule has 0 heterocycles. The molecule has 0 aliphatic carbocycles. The van der Waals surface area contributed by atoms with Crippen LogP contribution in [0, 0.1) is 6.92 Å². The maximum absolute atomic E-state index is 12.2. The minimum absolute atomic E-state index is 0.376. The maximum Gasteiger partial charge on any atom is 0.401 e. The van der Waals surface area contributed by atoms with Crippen LogP contribution < -0.4 is 10.6 Å². The van der Waals surface area contributed by atoms with Crippen molar-refractivity contribution in [2.45, 2.75) is 26.1 Å². The third kappa shape index (κ3) is 9.07. The Bertz CT molecular complexity index is 500. The van der Waals surface area contributed by atoms with Crippen LogP contribution in [0.25, 0.3) is 0 Å². The molecule has 1 aromatic rings. The number of alkyl halides is 3. The number of rotatable bonds is 7. The number of benzene rings is 1. The normalized spacial score (nSPS) is 12.6. The summed E-state index contributed by atoms with van der Waals surface area (Å²) in [5.74, 6) is 0.644. The van der Waals surface area contributed by atoms with Crippen LogP contribution in [0.4, 0.5) is 13.2 Å². The summed E-state index contributed by atoms with van der Waals surface area (Å²) >= 11 is 0. The van der Waals surface area contributed by atoms with E-state index in [2.05, 4.69) is 21.7 Å². The number of halogens is 3. The summed E-state index contributed by atoms with van der Waals surface area (Å²) in [6.45, 7) is 2.74. The lowest BCUT2D eigenvalue weighted by Gasteiger charge is -2.19. The quantitative estimate of drug-likeness (QED) is 0.458. The molecule has 0 saturated heterocycles. The van der Waals surface area contributed by atoms with Crippen molar-refractivity contribution in [3.05, 3.63) is 35.4 Å². The van der Waals surface area contributed by atoms with Gasteiger partial charge in [0.15, 0.2) is 5.96 Å². The average Bonchev–Trinajstić information content (AvgIpc) is 2.44. The number of nitrogens with zero attached hydrogens (tertiary/aromatic N) is 2. The molecule has 0 fully saturated rings. The number of hydrogen-bond acceptors (Lipinski definition) is 2. The Kier molecular flexibility index (Phi) is 7.88. The third-order valence-electron chi connectivity index (χ3n) is 3.22. The molecule has 2 N–H and O–H groups in total. The van der Waals surface area contributed by atoms with E-state index in [0.29, 0.717) is 32.0 Å². The molecule has 0 bridgehead atoms. The molecule has 0 aliphatic heterocycles. The molecule has 0 amide bonds. The first-order chi connectivity index (χ1) is 10.8. The Morgan fingerprint density at radius 2 is 2.00 bits per heavy atom. The zero-order valence-corrected chi connectivity index (χ0v) is 13.9. The molecule has 1 rings (SSSR count). The molecule has 0 radical (unpaired) electrons. The lowest BCUT2D eigenvalue weighted by Crippen LogP contribution is -2.39. The predicted octanol–water partition coefficient (Wildman–Crippen LogP) is 2.54. The highest BCUT2D eigenvalue weighted by Gasteiger charge is 2.28. The van der Waals surface area contributed by atoms with Gasteiger partial charge in [0.2, 0.25) is 0 Å². The molecule has 0 aromatic heterocycles. The van der Waals surface area contributed by atoms with Gasteiger partial charge in [0, 0.05) is 20.1 Å². The minimum Gasteiger partial charge on any atom is -0.356 e. The Labute approximate surface area is 135 Å². The number of nitrogens with one attached hydrogen (secondary N) is 2. The van der Waals surface area contributed by atoms with E-state index in [1.807, 2.05) is 25.1 Å². The molecule has 0 saturated carbocycles. The van der Waals surface area contributed by atoms with Crippen molar-refractivity contribution in [1.82, 2.24) is 15.5 Å². The molecule has 1 aromatic carbocycles. The van der Waals surface area contributed by atoms with E-state index in [4.69, 9.17) is 0 Å². The smallest absolute Gasteiger partial charge is 0.356 e. The first-order valence-electron chi connectivity index (χ1n) is 7.55. The van der Waals surface area contributed by atoms with E-state index in [1.54, 1.807) is 7.05 Å². The maximum atomic E-state index is 12.2. The van der Waals surface area contributed by atoms with Gasteiger partial charge >= 0.3 is 6.18 Å². The Balaban J connectivity index is 2.24. The fourth-order valence-electron chi connectivity index (χ4n) is 2.17. The fraction of sp³-hybridized carbons (Fsp3) is 0.562. The lowest BCUT2D eigenvalue weighted by molar-refractivity contribution is -0.143. The van der Waals surface area contributed by atoms with Gasteiger partial charge in [-0.25, -0.2) is 0 Å². The van der Waals surface area contributed by atoms with E-state index < -0.39 is 12.7 Å². The molecule has 7 heteroatoms. The highest BCUT2D eigenvalue weighted by Crippen LogP contribution is 2.15. The van der Waals surface area contributed by atoms with Gasteiger partial charge in [0.25, 0.3) is 0 Å². The van der Waals surface area contributed by atoms with Crippen LogP contribution in [0.15, 0.2) is 29.3 Å². The van der Waals surface area contributed by atoms with E-state index in [0.717, 1.165) is 5.56 Å². The zero-order valence-electron chi connectivity index (χ0n) is 13.9. The first-order valence-corrected chi connectivity index (χ1v) is 7.55. The molecule has 130 valence electrons. The van der Waals surface area contributed by atoms with E-state index >= 15 is 0 Å². The van der Waals surface area contributed by atoms with Gasteiger partial charge in [-0.3, -0.25) is 9.89 Å². The standard InChI is InChI=1S/C16H25F3N4/c1-13-6-4-7-14(10-13)11-22-15(20-2)21-8-5-9-23(3)12-16(17,18)19/h4,6-7,10H,5,8-9,11-12H2,1-3H3,(H2,20,21,22). The Hall–Kier alpha value is -1.76. The topological polar surface area (TPSA) is 39.7 Å². The Morgan fingerprint density at radius 1 is 1.26 bits per heavy atom. The predicted molar refractivity (Wildman–Crippen MR) is 87.5 cm³/mol. The second-order valence-electron chi connectivity index (χ2n) is 5.55. The summed E-state index contributed by atoms with van der Waals surface area (Å²) < 4.78 is 36.6. The van der Waals surface area contributed by atoms with E-state index in [1.165, 1.54) is 17.5 Å². The molecule has 23 heavy (non-hydrogen) atoms. The largest absolute Gasteiger partial charge is 0.401 e. The van der Waals surface area contributed by atoms with E-state index in [-0.39, 0.29) is 0 Å². The number of hydrogen-bond donors (Lipinski definition) is 2. The first kappa shape index (κ1) is 19.3. The van der Waals surface area contributed by atoms with Gasteiger partial charge in [-0.2, -0.15) is 13.2 Å². The zero-order chi connectivity index (χ0) is 17.3. The summed E-state index contributed by atoms with van der Waals surface area (Å²) in [4.78, 5) is 5.37. The number of aliphatic imine (C=N–C) groups is 1. The van der Waals surface area contributed by atoms with Crippen molar-refractivity contribution in [3.8, 4) is 0 Å². The molecule has 4 nitrogen and oxygen atoms in total. The Morgan fingerprint density at radius 3 is 2.61 bits per heavy atom. The van der Waals surface area contributed by atoms with Gasteiger partial charge in [-0.1, -0.05) is 29.8 Å². The van der Waals surface area contributed by atoms with Gasteiger partial charge in [-0.05, 0) is 32.5 Å². The monoisotopic (exact) mass is 330 g/mol. The molecule has 0 aliphatic rings. The highest BCUT2D eigenvalue weighted by molar-refractivity contribution is 5.79. The summed E-state index contributed by atoms with van der Waals surface area (Å²) in [6, 6.07) is 8.15. The van der Waals surface area contributed by atoms with Gasteiger partial charge in [0.1, 0.15) is 0 Å². The van der Waals surface area contributed by atoms with Crippen LogP contribution in [0.1, 0.15) is 17.5 Å². The van der Waals surface area contributed by atoms with Crippen molar-refractivity contribution in [2.75, 3.05) is 33.7 Å². The highest BCUT2D eigenvalue weighted by atomic mass is 19.4. The summed E-state index contributed by atoms with van der Waals surface area (Å²) in [6.07, 6.45) is -3.54. The van der Waals surface area contributed by atoms with Crippen LogP contribution in [0.2, 0.25) is 0 Å². The van der Waals surface area contributed by atoms with Gasteiger partial charge in [0.05, 0.1) is 6.54 Å². The van der Waals surface area contributed by atoms with Gasteiger partial charge < -0.3 is 10.6 Å². The minimum atomic E-state index is -4.15. The average molecular weight is 330 g/mol. The van der Waals surface area contributed by atoms with Crippen molar-refractivity contribution >= 4 is 5.96 Å². The number of aryl methyl sites for hydroxylation is 1. The SMILES string of the molecule is CN=C(NCCCN(C)CC(F)(F)F)NCc1cccc(C)c1.